The molecule has 1 radical (unpaired) electrons. The number of hydrogen-bond donors (Lipinski definition) is 0. The monoisotopic (exact) mass is 760 g/mol. The number of furan rings is 1. The molecule has 4 aromatic carbocycles. The van der Waals surface area contributed by atoms with E-state index in [9.17, 15) is 0 Å². The van der Waals surface area contributed by atoms with Crippen LogP contribution in [0.25, 0.3) is 66.5 Å². The van der Waals surface area contributed by atoms with Crippen LogP contribution < -0.4 is 0 Å². The van der Waals surface area contributed by atoms with Crippen LogP contribution in [0.4, 0.5) is 0 Å². The summed E-state index contributed by atoms with van der Waals surface area (Å²) in [4.78, 5) is 13.5. The molecule has 0 aliphatic heterocycles. The number of aryl methyl sites for hydroxylation is 3. The molecule has 0 spiro atoms. The Morgan fingerprint density at radius 2 is 1.44 bits per heavy atom. The van der Waals surface area contributed by atoms with Gasteiger partial charge in [0.05, 0.1) is 5.58 Å². The van der Waals surface area contributed by atoms with Gasteiger partial charge in [0.2, 0.25) is 5.71 Å². The van der Waals surface area contributed by atoms with E-state index in [0.29, 0.717) is 5.71 Å². The van der Waals surface area contributed by atoms with Crippen molar-refractivity contribution in [3.8, 4) is 33.6 Å². The fraction of sp³-hybridized carbons (Fsp3) is 0.0750. The first-order valence-corrected chi connectivity index (χ1v) is 14.6. The number of fused-ring (bicyclic) bond motifs is 4. The topological polar surface area (TPSA) is 51.8 Å². The largest absolute Gasteiger partial charge is 0.486 e. The van der Waals surface area contributed by atoms with Gasteiger partial charge >= 0.3 is 0 Å². The van der Waals surface area contributed by atoms with Gasteiger partial charge in [0, 0.05) is 43.6 Å². The molecule has 0 saturated carbocycles. The third-order valence-corrected chi connectivity index (χ3v) is 7.68. The zero-order chi connectivity index (χ0) is 30.0. The average molecular weight is 760 g/mol. The Morgan fingerprint density at radius 3 is 2.27 bits per heavy atom. The van der Waals surface area contributed by atoms with E-state index in [-0.39, 0.29) is 20.1 Å². The van der Waals surface area contributed by atoms with Gasteiger partial charge in [-0.25, -0.2) is 4.98 Å². The maximum absolute atomic E-state index is 6.15. The molecule has 4 aromatic heterocycles. The Balaban J connectivity index is 0.000000215. The normalized spacial score (nSPS) is 10.8. The first-order chi connectivity index (χ1) is 21.5. The van der Waals surface area contributed by atoms with E-state index in [1.54, 1.807) is 0 Å². The van der Waals surface area contributed by atoms with Crippen LogP contribution in [0.2, 0.25) is 0 Å². The van der Waals surface area contributed by atoms with Crippen LogP contribution in [0, 0.1) is 32.9 Å². The molecular formula is C40H29IrN3O-2. The Hall–Kier alpha value is -4.96. The van der Waals surface area contributed by atoms with Crippen molar-refractivity contribution >= 4 is 32.8 Å². The van der Waals surface area contributed by atoms with Gasteiger partial charge in [0.1, 0.15) is 0 Å². The molecule has 0 N–H and O–H groups in total. The quantitative estimate of drug-likeness (QED) is 0.168. The average Bonchev–Trinajstić information content (AvgIpc) is 3.43. The molecule has 0 aliphatic carbocycles. The fourth-order valence-corrected chi connectivity index (χ4v) is 5.38. The Morgan fingerprint density at radius 1 is 0.622 bits per heavy atom. The minimum absolute atomic E-state index is 0. The van der Waals surface area contributed by atoms with E-state index in [1.807, 2.05) is 80.8 Å². The minimum Gasteiger partial charge on any atom is -0.486 e. The molecule has 5 heteroatoms. The molecule has 45 heavy (non-hydrogen) atoms. The number of hydrogen-bond acceptors (Lipinski definition) is 4. The van der Waals surface area contributed by atoms with Gasteiger partial charge in [-0.15, -0.1) is 54.1 Å². The van der Waals surface area contributed by atoms with Crippen LogP contribution in [-0.4, -0.2) is 15.0 Å². The van der Waals surface area contributed by atoms with Crippen LogP contribution in [0.15, 0.2) is 126 Å². The van der Waals surface area contributed by atoms with Gasteiger partial charge in [-0.2, -0.15) is 0 Å². The predicted molar refractivity (Wildman–Crippen MR) is 179 cm³/mol. The van der Waals surface area contributed by atoms with Crippen molar-refractivity contribution in [2.24, 2.45) is 0 Å². The molecule has 0 bridgehead atoms. The van der Waals surface area contributed by atoms with Crippen molar-refractivity contribution in [3.05, 3.63) is 151 Å². The molecule has 0 amide bonds. The summed E-state index contributed by atoms with van der Waals surface area (Å²) < 4.78 is 6.15. The van der Waals surface area contributed by atoms with Crippen LogP contribution in [0.3, 0.4) is 0 Å². The van der Waals surface area contributed by atoms with Crippen LogP contribution in [0.1, 0.15) is 16.8 Å². The molecule has 4 heterocycles. The van der Waals surface area contributed by atoms with Gasteiger partial charge in [-0.05, 0) is 83.9 Å². The molecular weight excluding hydrogens is 731 g/mol. The third-order valence-electron chi connectivity index (χ3n) is 7.68. The number of benzene rings is 4. The summed E-state index contributed by atoms with van der Waals surface area (Å²) in [6.45, 7) is 6.12. The van der Waals surface area contributed by atoms with Gasteiger partial charge in [-0.3, -0.25) is 0 Å². The Bertz CT molecular complexity index is 2260. The Labute approximate surface area is 276 Å². The van der Waals surface area contributed by atoms with E-state index >= 15 is 0 Å². The number of rotatable bonds is 3. The SMILES string of the molecule is Cc1ccc(-c2[c-]cccc2)nc1.Cc1ccc2cc(-c3ccnc(-c4[c-]ccc5c4oc4nc(C)ccc45)c3)ccc2c1.[Ir]. The summed E-state index contributed by atoms with van der Waals surface area (Å²) in [7, 11) is 0. The van der Waals surface area contributed by atoms with Crippen molar-refractivity contribution in [1.29, 1.82) is 0 Å². The van der Waals surface area contributed by atoms with Gasteiger partial charge in [-0.1, -0.05) is 65.0 Å². The van der Waals surface area contributed by atoms with Gasteiger partial charge in [0.15, 0.2) is 0 Å². The molecule has 8 aromatic rings. The maximum atomic E-state index is 6.15. The van der Waals surface area contributed by atoms with Crippen molar-refractivity contribution < 1.29 is 24.5 Å². The van der Waals surface area contributed by atoms with Crippen LogP contribution in [0.5, 0.6) is 0 Å². The Kier molecular flexibility index (Phi) is 8.66. The summed E-state index contributed by atoms with van der Waals surface area (Å²) in [5.41, 5.74) is 10.8. The second-order valence-corrected chi connectivity index (χ2v) is 11.0. The van der Waals surface area contributed by atoms with Crippen molar-refractivity contribution in [3.63, 3.8) is 0 Å². The summed E-state index contributed by atoms with van der Waals surface area (Å²) in [6, 6.07) is 43.7. The van der Waals surface area contributed by atoms with Crippen molar-refractivity contribution in [1.82, 2.24) is 15.0 Å². The second kappa shape index (κ2) is 13.0. The van der Waals surface area contributed by atoms with Crippen molar-refractivity contribution in [2.75, 3.05) is 0 Å². The van der Waals surface area contributed by atoms with E-state index < -0.39 is 0 Å². The molecule has 0 aliphatic rings. The van der Waals surface area contributed by atoms with E-state index in [0.717, 1.165) is 55.7 Å². The third kappa shape index (κ3) is 6.32. The molecule has 8 rings (SSSR count). The fourth-order valence-electron chi connectivity index (χ4n) is 5.38. The molecule has 0 unspecified atom stereocenters. The first kappa shape index (κ1) is 30.1. The molecule has 4 nitrogen and oxygen atoms in total. The smallest absolute Gasteiger partial charge is 0.216 e. The minimum atomic E-state index is 0. The van der Waals surface area contributed by atoms with Crippen LogP contribution in [-0.2, 0) is 20.1 Å². The number of aromatic nitrogens is 3. The predicted octanol–water partition coefficient (Wildman–Crippen LogP) is 10.1. The number of pyridine rings is 3. The van der Waals surface area contributed by atoms with Crippen LogP contribution >= 0.6 is 0 Å². The molecule has 221 valence electrons. The summed E-state index contributed by atoms with van der Waals surface area (Å²) in [6.07, 6.45) is 3.72. The zero-order valence-corrected chi connectivity index (χ0v) is 27.5. The van der Waals surface area contributed by atoms with E-state index in [1.165, 1.54) is 21.9 Å². The van der Waals surface area contributed by atoms with E-state index in [2.05, 4.69) is 88.6 Å². The molecule has 0 fully saturated rings. The summed E-state index contributed by atoms with van der Waals surface area (Å²) in [5.74, 6) is 0. The zero-order valence-electron chi connectivity index (χ0n) is 25.1. The summed E-state index contributed by atoms with van der Waals surface area (Å²) >= 11 is 0. The van der Waals surface area contributed by atoms with Gasteiger partial charge in [0.25, 0.3) is 0 Å². The molecule has 0 saturated heterocycles. The van der Waals surface area contributed by atoms with Crippen molar-refractivity contribution in [2.45, 2.75) is 20.8 Å². The number of nitrogens with zero attached hydrogens (tertiary/aromatic N) is 3. The molecule has 0 atom stereocenters. The van der Waals surface area contributed by atoms with E-state index in [4.69, 9.17) is 4.42 Å². The first-order valence-electron chi connectivity index (χ1n) is 14.6. The summed E-state index contributed by atoms with van der Waals surface area (Å²) in [5, 5.41) is 4.52. The second-order valence-electron chi connectivity index (χ2n) is 11.0. The van der Waals surface area contributed by atoms with Gasteiger partial charge < -0.3 is 14.4 Å². The maximum Gasteiger partial charge on any atom is 0.216 e. The standard InChI is InChI=1S/C28H19N2O.C12H10N.Ir/c1-17-6-8-20-15-21(10-9-19(20)14-17)22-12-13-29-26(16-22)25-5-3-4-23-24-11-7-18(2)30-28(24)31-27(23)25;1-10-7-8-12(13-9-10)11-5-3-2-4-6-11;/h3-4,6-16H,1-2H3;2-5,7-9H,1H3;/q2*-1;.